The highest BCUT2D eigenvalue weighted by Gasteiger charge is 2.39. The lowest BCUT2D eigenvalue weighted by atomic mass is 10.0. The normalized spacial score (nSPS) is 21.4. The number of aromatic amines is 1. The Morgan fingerprint density at radius 3 is 1.90 bits per heavy atom. The van der Waals surface area contributed by atoms with Crippen LogP contribution in [-0.2, 0) is 9.47 Å². The van der Waals surface area contributed by atoms with Crippen LogP contribution in [0.5, 0.6) is 0 Å². The Bertz CT molecular complexity index is 1790. The van der Waals surface area contributed by atoms with Crippen molar-refractivity contribution in [3.8, 4) is 22.4 Å². The lowest BCUT2D eigenvalue weighted by molar-refractivity contribution is 0.0211. The number of imidazole rings is 1. The summed E-state index contributed by atoms with van der Waals surface area (Å²) in [5.41, 5.74) is 10.3. The van der Waals surface area contributed by atoms with E-state index in [0.29, 0.717) is 47.1 Å². The number of H-pyrrole nitrogens is 1. The zero-order chi connectivity index (χ0) is 37.4. The minimum atomic E-state index is -0.605. The molecule has 12 heteroatoms. The third kappa shape index (κ3) is 9.21. The molecule has 1 aromatic heterocycles. The van der Waals surface area contributed by atoms with Crippen molar-refractivity contribution in [1.29, 1.82) is 0 Å². The molecule has 4 N–H and O–H groups in total. The fourth-order valence-electron chi connectivity index (χ4n) is 6.61. The smallest absolute Gasteiger partial charge is 0.410 e. The zero-order valence-corrected chi connectivity index (χ0v) is 32.3. The van der Waals surface area contributed by atoms with Crippen LogP contribution in [0.4, 0.5) is 9.59 Å². The first kappa shape index (κ1) is 38.1. The first-order chi connectivity index (χ1) is 23.8. The van der Waals surface area contributed by atoms with Gasteiger partial charge in [0, 0.05) is 29.9 Å². The Kier molecular flexibility index (Phi) is 11.1. The molecule has 2 amide bonds. The Morgan fingerprint density at radius 1 is 0.863 bits per heavy atom. The Balaban J connectivity index is 1.29. The van der Waals surface area contributed by atoms with E-state index >= 15 is 0 Å². The number of carbonyl (C=O) groups excluding carboxylic acids is 2. The van der Waals surface area contributed by atoms with E-state index in [4.69, 9.17) is 43.4 Å². The number of likely N-dealkylation sites (tertiary alicyclic amines) is 2. The summed E-state index contributed by atoms with van der Waals surface area (Å²) in [6.45, 7) is 20.8. The number of amides is 2. The average Bonchev–Trinajstić information content (AvgIpc) is 3.74. The van der Waals surface area contributed by atoms with E-state index < -0.39 is 11.2 Å². The standard InChI is InChI=1S/C39H50Cl2N6O4/c1-22-18-29(46(20-22)36(48)50-38(4,5)6)24(3)43-31(33(40)42)27-14-10-25(11-15-27)26-12-16-28(17-13-26)32-34(41)45-35(44-32)30-19-23(2)21-47(30)37(49)51-39(7,8)9/h10-17,22-23,29-30,43H,3,18-21,42H2,1-2,4-9H3,(H,44,45)/b33-31-/t22-,23-,29-,30-/m0/s1. The highest BCUT2D eigenvalue weighted by atomic mass is 35.5. The van der Waals surface area contributed by atoms with Gasteiger partial charge in [0.25, 0.3) is 0 Å². The second kappa shape index (κ2) is 14.8. The SMILES string of the molecule is C=C(N/C(=C(\N)Cl)c1ccc(-c2ccc(-c3nc([C@@H]4C[C@H](C)CN4C(=O)OC(C)(C)C)[nH]c3Cl)cc2)cc1)[C@@H]1C[C@H](C)CN1C(=O)OC(C)(C)C. The Morgan fingerprint density at radius 2 is 1.35 bits per heavy atom. The number of aromatic nitrogens is 2. The Labute approximate surface area is 311 Å². The molecule has 0 spiro atoms. The number of rotatable bonds is 7. The minimum absolute atomic E-state index is 0.0830. The molecular formula is C39H50Cl2N6O4. The highest BCUT2D eigenvalue weighted by molar-refractivity contribution is 6.32. The predicted molar refractivity (Wildman–Crippen MR) is 204 cm³/mol. The number of nitrogens with zero attached hydrogens (tertiary/aromatic N) is 3. The minimum Gasteiger partial charge on any atom is -0.444 e. The van der Waals surface area contributed by atoms with Gasteiger partial charge in [-0.2, -0.15) is 0 Å². The topological polar surface area (TPSA) is 126 Å². The van der Waals surface area contributed by atoms with Gasteiger partial charge in [0.2, 0.25) is 0 Å². The number of benzene rings is 2. The van der Waals surface area contributed by atoms with Gasteiger partial charge in [-0.3, -0.25) is 9.80 Å². The molecule has 274 valence electrons. The van der Waals surface area contributed by atoms with Crippen molar-refractivity contribution in [3.05, 3.63) is 82.5 Å². The molecule has 3 aromatic rings. The lowest BCUT2D eigenvalue weighted by Crippen LogP contribution is -2.42. The molecule has 10 nitrogen and oxygen atoms in total. The van der Waals surface area contributed by atoms with Gasteiger partial charge in [-0.05, 0) is 77.3 Å². The van der Waals surface area contributed by atoms with Crippen molar-refractivity contribution in [2.24, 2.45) is 17.6 Å². The zero-order valence-electron chi connectivity index (χ0n) is 30.8. The van der Waals surface area contributed by atoms with Gasteiger partial charge in [-0.25, -0.2) is 14.6 Å². The second-order valence-corrected chi connectivity index (χ2v) is 16.6. The Hall–Kier alpha value is -4.15. The van der Waals surface area contributed by atoms with E-state index in [1.165, 1.54) is 0 Å². The van der Waals surface area contributed by atoms with Crippen LogP contribution in [0.15, 0.2) is 66.0 Å². The molecule has 2 saturated heterocycles. The number of hydrogen-bond acceptors (Lipinski definition) is 7. The number of nitrogens with one attached hydrogen (secondary N) is 2. The summed E-state index contributed by atoms with van der Waals surface area (Å²) in [5, 5.41) is 3.80. The summed E-state index contributed by atoms with van der Waals surface area (Å²) in [6, 6.07) is 15.3. The van der Waals surface area contributed by atoms with Crippen molar-refractivity contribution in [3.63, 3.8) is 0 Å². The third-order valence-electron chi connectivity index (χ3n) is 8.86. The molecule has 0 saturated carbocycles. The van der Waals surface area contributed by atoms with Gasteiger partial charge in [-0.15, -0.1) is 0 Å². The van der Waals surface area contributed by atoms with Gasteiger partial charge in [0.15, 0.2) is 0 Å². The van der Waals surface area contributed by atoms with Gasteiger partial charge in [-0.1, -0.05) is 92.2 Å². The molecule has 3 heterocycles. The monoisotopic (exact) mass is 736 g/mol. The van der Waals surface area contributed by atoms with E-state index in [0.717, 1.165) is 35.1 Å². The van der Waals surface area contributed by atoms with Crippen LogP contribution in [0.25, 0.3) is 28.1 Å². The number of carbonyl (C=O) groups is 2. The molecule has 2 aromatic carbocycles. The van der Waals surface area contributed by atoms with Crippen LogP contribution in [0.3, 0.4) is 0 Å². The van der Waals surface area contributed by atoms with E-state index in [1.54, 1.807) is 9.80 Å². The van der Waals surface area contributed by atoms with E-state index in [9.17, 15) is 9.59 Å². The molecule has 0 bridgehead atoms. The summed E-state index contributed by atoms with van der Waals surface area (Å²) >= 11 is 13.1. The van der Waals surface area contributed by atoms with Crippen LogP contribution in [0.1, 0.15) is 85.7 Å². The van der Waals surface area contributed by atoms with E-state index in [1.807, 2.05) is 90.1 Å². The molecule has 0 unspecified atom stereocenters. The van der Waals surface area contributed by atoms with Crippen LogP contribution in [0.2, 0.25) is 5.15 Å². The molecule has 2 fully saturated rings. The number of ether oxygens (including phenoxy) is 2. The first-order valence-corrected chi connectivity index (χ1v) is 18.1. The van der Waals surface area contributed by atoms with Gasteiger partial charge >= 0.3 is 12.2 Å². The number of halogens is 2. The maximum atomic E-state index is 13.0. The fourth-order valence-corrected chi connectivity index (χ4v) is 7.01. The molecule has 4 atom stereocenters. The highest BCUT2D eigenvalue weighted by Crippen LogP contribution is 2.38. The van der Waals surface area contributed by atoms with Crippen molar-refractivity contribution in [2.45, 2.75) is 91.5 Å². The van der Waals surface area contributed by atoms with E-state index in [-0.39, 0.29) is 35.3 Å². The van der Waals surface area contributed by atoms with Gasteiger partial charge in [0.05, 0.1) is 17.8 Å². The third-order valence-corrected chi connectivity index (χ3v) is 9.32. The van der Waals surface area contributed by atoms with E-state index in [2.05, 4.69) is 30.7 Å². The van der Waals surface area contributed by atoms with Gasteiger partial charge in [0.1, 0.15) is 33.0 Å². The molecule has 2 aliphatic rings. The average molecular weight is 738 g/mol. The van der Waals surface area contributed by atoms with Crippen molar-refractivity contribution >= 4 is 41.1 Å². The van der Waals surface area contributed by atoms with Crippen LogP contribution < -0.4 is 11.1 Å². The van der Waals surface area contributed by atoms with Crippen LogP contribution >= 0.6 is 23.2 Å². The molecule has 5 rings (SSSR count). The number of nitrogens with two attached hydrogens (primary N) is 1. The van der Waals surface area contributed by atoms with Crippen molar-refractivity contribution in [1.82, 2.24) is 25.1 Å². The fraction of sp³-hybridized carbons (Fsp3) is 0.462. The first-order valence-electron chi connectivity index (χ1n) is 17.4. The van der Waals surface area contributed by atoms with Gasteiger partial charge < -0.3 is 25.5 Å². The summed E-state index contributed by atoms with van der Waals surface area (Å²) < 4.78 is 11.3. The molecule has 0 aliphatic carbocycles. The predicted octanol–water partition coefficient (Wildman–Crippen LogP) is 9.29. The molecule has 2 aliphatic heterocycles. The molecular weight excluding hydrogens is 687 g/mol. The second-order valence-electron chi connectivity index (χ2n) is 15.8. The lowest BCUT2D eigenvalue weighted by Gasteiger charge is -2.30. The largest absolute Gasteiger partial charge is 0.444 e. The summed E-state index contributed by atoms with van der Waals surface area (Å²) in [6.07, 6.45) is 0.775. The molecule has 0 radical (unpaired) electrons. The molecule has 51 heavy (non-hydrogen) atoms. The maximum Gasteiger partial charge on any atom is 0.410 e. The van der Waals surface area contributed by atoms with Crippen molar-refractivity contribution in [2.75, 3.05) is 13.1 Å². The summed E-state index contributed by atoms with van der Waals surface area (Å²) in [4.78, 5) is 37.5. The maximum absolute atomic E-state index is 13.0. The quantitative estimate of drug-likeness (QED) is 0.207. The van der Waals surface area contributed by atoms with Crippen molar-refractivity contribution < 1.29 is 19.1 Å². The summed E-state index contributed by atoms with van der Waals surface area (Å²) in [5.74, 6) is 1.22. The number of hydrogen-bond donors (Lipinski definition) is 3. The summed E-state index contributed by atoms with van der Waals surface area (Å²) in [7, 11) is 0. The van der Waals surface area contributed by atoms with Crippen LogP contribution in [-0.4, -0.2) is 62.3 Å². The van der Waals surface area contributed by atoms with Crippen LogP contribution in [0, 0.1) is 11.8 Å².